The molecule has 0 bridgehead atoms. The summed E-state index contributed by atoms with van der Waals surface area (Å²) in [5, 5.41) is 11.6. The van der Waals surface area contributed by atoms with Crippen molar-refractivity contribution in [2.45, 2.75) is 12.5 Å². The molecule has 0 aliphatic carbocycles. The molecule has 104 valence electrons. The van der Waals surface area contributed by atoms with Gasteiger partial charge in [0.1, 0.15) is 17.6 Å². The predicted octanol–water partition coefficient (Wildman–Crippen LogP) is -0.364. The molecule has 2 heterocycles. The molecule has 0 aliphatic rings. The number of hydrogen-bond acceptors (Lipinski definition) is 5. The minimum atomic E-state index is -1.13. The average Bonchev–Trinajstić information content (AvgIpc) is 2.84. The monoisotopic (exact) mass is 275 g/mol. The van der Waals surface area contributed by atoms with Crippen molar-refractivity contribution >= 4 is 11.9 Å². The smallest absolute Gasteiger partial charge is 0.326 e. The number of carbonyl (C=O) groups is 2. The summed E-state index contributed by atoms with van der Waals surface area (Å²) >= 11 is 0. The van der Waals surface area contributed by atoms with Gasteiger partial charge in [0.2, 0.25) is 0 Å². The quantitative estimate of drug-likeness (QED) is 0.770. The van der Waals surface area contributed by atoms with E-state index >= 15 is 0 Å². The van der Waals surface area contributed by atoms with Gasteiger partial charge in [-0.3, -0.25) is 9.78 Å². The lowest BCUT2D eigenvalue weighted by Gasteiger charge is -2.13. The van der Waals surface area contributed by atoms with E-state index in [2.05, 4.69) is 20.3 Å². The second-order valence-electron chi connectivity index (χ2n) is 4.11. The molecule has 0 radical (unpaired) electrons. The fraction of sp³-hybridized carbons (Fsp3) is 0.250. The Balaban J connectivity index is 2.09. The number of hydrogen-bond donors (Lipinski definition) is 2. The number of rotatable bonds is 5. The first-order valence-corrected chi connectivity index (χ1v) is 5.84. The average molecular weight is 275 g/mol. The number of carboxylic acids is 1. The van der Waals surface area contributed by atoms with Crippen molar-refractivity contribution in [2.24, 2.45) is 7.05 Å². The first kappa shape index (κ1) is 13.7. The normalized spacial score (nSPS) is 11.8. The number of aryl methyl sites for hydroxylation is 1. The van der Waals surface area contributed by atoms with Gasteiger partial charge in [-0.1, -0.05) is 0 Å². The van der Waals surface area contributed by atoms with Gasteiger partial charge in [-0.15, -0.1) is 0 Å². The lowest BCUT2D eigenvalue weighted by molar-refractivity contribution is -0.139. The van der Waals surface area contributed by atoms with Crippen LogP contribution in [0.4, 0.5) is 0 Å². The van der Waals surface area contributed by atoms with E-state index in [1.165, 1.54) is 18.6 Å². The molecular weight excluding hydrogens is 262 g/mol. The molecule has 20 heavy (non-hydrogen) atoms. The highest BCUT2D eigenvalue weighted by Crippen LogP contribution is 2.02. The zero-order valence-electron chi connectivity index (χ0n) is 10.7. The topological polar surface area (TPSA) is 110 Å². The number of carbonyl (C=O) groups excluding carboxylic acids is 1. The standard InChI is InChI=1S/C12H13N5O3/c1-17-5-4-15-10(17)6-8(12(19)20)16-11(18)9-7-13-2-3-14-9/h2-5,7-8H,6H2,1H3,(H,16,18)(H,19,20). The van der Waals surface area contributed by atoms with E-state index in [4.69, 9.17) is 0 Å². The number of nitrogens with zero attached hydrogens (tertiary/aromatic N) is 4. The van der Waals surface area contributed by atoms with E-state index in [1.807, 2.05) is 0 Å². The van der Waals surface area contributed by atoms with Crippen molar-refractivity contribution in [1.82, 2.24) is 24.8 Å². The van der Waals surface area contributed by atoms with Crippen LogP contribution in [0.3, 0.4) is 0 Å². The van der Waals surface area contributed by atoms with Crippen LogP contribution in [0, 0.1) is 0 Å². The van der Waals surface area contributed by atoms with Crippen molar-refractivity contribution in [3.63, 3.8) is 0 Å². The van der Waals surface area contributed by atoms with Gasteiger partial charge in [0, 0.05) is 38.3 Å². The van der Waals surface area contributed by atoms with E-state index in [0.717, 1.165) is 0 Å². The van der Waals surface area contributed by atoms with Gasteiger partial charge < -0.3 is 15.0 Å². The summed E-state index contributed by atoms with van der Waals surface area (Å²) in [5.74, 6) is -1.15. The highest BCUT2D eigenvalue weighted by atomic mass is 16.4. The van der Waals surface area contributed by atoms with E-state index in [9.17, 15) is 14.7 Å². The van der Waals surface area contributed by atoms with Gasteiger partial charge in [-0.2, -0.15) is 0 Å². The fourth-order valence-corrected chi connectivity index (χ4v) is 1.62. The molecule has 8 heteroatoms. The molecular formula is C12H13N5O3. The number of carboxylic acid groups (broad SMARTS) is 1. The lowest BCUT2D eigenvalue weighted by atomic mass is 10.2. The summed E-state index contributed by atoms with van der Waals surface area (Å²) in [6.07, 6.45) is 7.43. The molecule has 0 fully saturated rings. The Kier molecular flexibility index (Phi) is 4.04. The molecule has 0 saturated carbocycles. The summed E-state index contributed by atoms with van der Waals surface area (Å²) in [4.78, 5) is 34.7. The Morgan fingerprint density at radius 2 is 2.15 bits per heavy atom. The third-order valence-electron chi connectivity index (χ3n) is 2.71. The molecule has 2 N–H and O–H groups in total. The van der Waals surface area contributed by atoms with Gasteiger partial charge in [0.25, 0.3) is 5.91 Å². The van der Waals surface area contributed by atoms with Crippen LogP contribution in [-0.2, 0) is 18.3 Å². The molecule has 0 saturated heterocycles. The molecule has 1 unspecified atom stereocenters. The first-order valence-electron chi connectivity index (χ1n) is 5.84. The Morgan fingerprint density at radius 1 is 1.35 bits per heavy atom. The highest BCUT2D eigenvalue weighted by molar-refractivity contribution is 5.94. The number of aromatic nitrogens is 4. The van der Waals surface area contributed by atoms with E-state index in [1.54, 1.807) is 24.0 Å². The minimum Gasteiger partial charge on any atom is -0.480 e. The second kappa shape index (κ2) is 5.91. The highest BCUT2D eigenvalue weighted by Gasteiger charge is 2.23. The SMILES string of the molecule is Cn1ccnc1CC(NC(=O)c1cnccn1)C(=O)O. The van der Waals surface area contributed by atoms with Crippen LogP contribution in [0.1, 0.15) is 16.3 Å². The Labute approximate surface area is 114 Å². The number of amides is 1. The third-order valence-corrected chi connectivity index (χ3v) is 2.71. The maximum atomic E-state index is 11.9. The number of imidazole rings is 1. The molecule has 1 amide bonds. The second-order valence-corrected chi connectivity index (χ2v) is 4.11. The molecule has 8 nitrogen and oxygen atoms in total. The van der Waals surface area contributed by atoms with Crippen molar-refractivity contribution in [3.8, 4) is 0 Å². The van der Waals surface area contributed by atoms with Crippen molar-refractivity contribution in [3.05, 3.63) is 42.5 Å². The van der Waals surface area contributed by atoms with Crippen LogP contribution in [-0.4, -0.2) is 42.5 Å². The summed E-state index contributed by atoms with van der Waals surface area (Å²) in [6, 6.07) is -1.08. The van der Waals surface area contributed by atoms with E-state index < -0.39 is 17.9 Å². The molecule has 1 atom stereocenters. The number of nitrogens with one attached hydrogen (secondary N) is 1. The fourth-order valence-electron chi connectivity index (χ4n) is 1.62. The van der Waals surface area contributed by atoms with Crippen molar-refractivity contribution in [1.29, 1.82) is 0 Å². The Bertz CT molecular complexity index is 611. The summed E-state index contributed by atoms with van der Waals surface area (Å²) in [5.41, 5.74) is 0.0681. The molecule has 2 aromatic rings. The molecule has 0 aromatic carbocycles. The number of aliphatic carboxylic acids is 1. The van der Waals surface area contributed by atoms with Gasteiger partial charge in [0.15, 0.2) is 0 Å². The molecule has 0 aliphatic heterocycles. The lowest BCUT2D eigenvalue weighted by Crippen LogP contribution is -2.43. The van der Waals surface area contributed by atoms with Crippen LogP contribution >= 0.6 is 0 Å². The Morgan fingerprint density at radius 3 is 2.70 bits per heavy atom. The zero-order chi connectivity index (χ0) is 14.5. The van der Waals surface area contributed by atoms with Gasteiger partial charge in [0.05, 0.1) is 6.20 Å². The predicted molar refractivity (Wildman–Crippen MR) is 67.8 cm³/mol. The largest absolute Gasteiger partial charge is 0.480 e. The van der Waals surface area contributed by atoms with Gasteiger partial charge >= 0.3 is 5.97 Å². The van der Waals surface area contributed by atoms with Crippen LogP contribution in [0.15, 0.2) is 31.0 Å². The zero-order valence-corrected chi connectivity index (χ0v) is 10.7. The molecule has 2 rings (SSSR count). The van der Waals surface area contributed by atoms with Crippen molar-refractivity contribution in [2.75, 3.05) is 0 Å². The molecule has 2 aromatic heterocycles. The van der Waals surface area contributed by atoms with E-state index in [-0.39, 0.29) is 12.1 Å². The van der Waals surface area contributed by atoms with Crippen LogP contribution < -0.4 is 5.32 Å². The van der Waals surface area contributed by atoms with Crippen LogP contribution in [0.2, 0.25) is 0 Å². The van der Waals surface area contributed by atoms with E-state index in [0.29, 0.717) is 5.82 Å². The Hall–Kier alpha value is -2.77. The summed E-state index contributed by atoms with van der Waals surface area (Å²) in [7, 11) is 1.76. The molecule has 0 spiro atoms. The van der Waals surface area contributed by atoms with Crippen LogP contribution in [0.25, 0.3) is 0 Å². The third kappa shape index (κ3) is 3.16. The maximum absolute atomic E-state index is 11.9. The van der Waals surface area contributed by atoms with Crippen molar-refractivity contribution < 1.29 is 14.7 Å². The van der Waals surface area contributed by atoms with Gasteiger partial charge in [-0.25, -0.2) is 14.8 Å². The first-order chi connectivity index (χ1) is 9.58. The maximum Gasteiger partial charge on any atom is 0.326 e. The summed E-state index contributed by atoms with van der Waals surface area (Å²) < 4.78 is 1.70. The minimum absolute atomic E-state index is 0.0681. The van der Waals surface area contributed by atoms with Crippen LogP contribution in [0.5, 0.6) is 0 Å². The summed E-state index contributed by atoms with van der Waals surface area (Å²) in [6.45, 7) is 0. The van der Waals surface area contributed by atoms with Gasteiger partial charge in [-0.05, 0) is 0 Å².